The summed E-state index contributed by atoms with van der Waals surface area (Å²) < 4.78 is 15.8. The highest BCUT2D eigenvalue weighted by Gasteiger charge is 2.33. The number of fused-ring (bicyclic) bond motifs is 2. The van der Waals surface area contributed by atoms with Crippen LogP contribution in [0.1, 0.15) is 41.4 Å². The molecule has 0 bridgehead atoms. The molecule has 0 saturated carbocycles. The number of halogens is 2. The second-order valence-electron chi connectivity index (χ2n) is 12.8. The highest BCUT2D eigenvalue weighted by molar-refractivity contribution is 6.33. The normalized spacial score (nSPS) is 13.5. The molecule has 1 saturated heterocycles. The summed E-state index contributed by atoms with van der Waals surface area (Å²) >= 11 is 6.12. The van der Waals surface area contributed by atoms with Crippen molar-refractivity contribution in [3.63, 3.8) is 0 Å². The van der Waals surface area contributed by atoms with E-state index in [1.54, 1.807) is 30.6 Å². The molecule has 0 aromatic carbocycles. The van der Waals surface area contributed by atoms with Crippen molar-refractivity contribution in [2.45, 2.75) is 25.3 Å². The molecule has 268 valence electrons. The second-order valence-corrected chi connectivity index (χ2v) is 13.2. The maximum Gasteiger partial charge on any atom is 0.271 e. The summed E-state index contributed by atoms with van der Waals surface area (Å²) in [6, 6.07) is 17.2. The van der Waals surface area contributed by atoms with Crippen molar-refractivity contribution in [2.24, 2.45) is 0 Å². The molecule has 0 aliphatic carbocycles. The summed E-state index contributed by atoms with van der Waals surface area (Å²) in [6.45, 7) is 3.47. The Labute approximate surface area is 312 Å². The zero-order chi connectivity index (χ0) is 38.0. The van der Waals surface area contributed by atoms with Gasteiger partial charge in [0.15, 0.2) is 0 Å². The molecule has 54 heavy (non-hydrogen) atoms. The third kappa shape index (κ3) is 7.04. The lowest BCUT2D eigenvalue weighted by molar-refractivity contribution is 0.0886. The van der Waals surface area contributed by atoms with E-state index in [4.69, 9.17) is 16.9 Å². The Kier molecular flexibility index (Phi) is 9.48. The van der Waals surface area contributed by atoms with Gasteiger partial charge in [0.05, 0.1) is 52.0 Å². The molecule has 8 heterocycles. The van der Waals surface area contributed by atoms with Crippen LogP contribution < -0.4 is 10.2 Å². The number of carbonyl (C=O) groups is 1. The minimum absolute atomic E-state index is 0.000542. The number of nitriles is 2. The quantitative estimate of drug-likeness (QED) is 0.177. The number of piperidine rings is 1. The van der Waals surface area contributed by atoms with Crippen LogP contribution in [-0.2, 0) is 0 Å². The predicted octanol–water partition coefficient (Wildman–Crippen LogP) is 5.92. The van der Waals surface area contributed by atoms with Gasteiger partial charge in [0, 0.05) is 59.5 Å². The largest absolute Gasteiger partial charge is 0.506 e. The van der Waals surface area contributed by atoms with E-state index in [1.165, 1.54) is 58.2 Å². The van der Waals surface area contributed by atoms with Crippen molar-refractivity contribution < 1.29 is 19.4 Å². The van der Waals surface area contributed by atoms with Crippen molar-refractivity contribution in [3.05, 3.63) is 120 Å². The van der Waals surface area contributed by atoms with E-state index in [1.807, 2.05) is 25.1 Å². The molecule has 1 aliphatic rings. The fourth-order valence-corrected chi connectivity index (χ4v) is 6.53. The smallest absolute Gasteiger partial charge is 0.271 e. The van der Waals surface area contributed by atoms with Gasteiger partial charge in [-0.05, 0) is 68.3 Å². The highest BCUT2D eigenvalue weighted by Crippen LogP contribution is 2.33. The van der Waals surface area contributed by atoms with Crippen molar-refractivity contribution >= 4 is 34.4 Å². The SMILES string of the molecule is CC1(NC(=O)c2ncccc2Cl)CCN(c2ccc(-c3cc(O)cn4ncc(C#N)c34)cn2)CC1.N#Cc1cnn2cc(O)cc(-c3ccc(F)nc3)c12. The Morgan fingerprint density at radius 2 is 1.43 bits per heavy atom. The maximum atomic E-state index is 12.9. The Morgan fingerprint density at radius 3 is 1.93 bits per heavy atom. The van der Waals surface area contributed by atoms with Crippen LogP contribution in [0.2, 0.25) is 5.02 Å². The number of anilines is 1. The van der Waals surface area contributed by atoms with E-state index in [2.05, 4.69) is 41.4 Å². The van der Waals surface area contributed by atoms with Gasteiger partial charge in [-0.1, -0.05) is 11.6 Å². The third-order valence-corrected chi connectivity index (χ3v) is 9.42. The molecule has 1 amide bonds. The standard InChI is InChI=1S/C25H22ClN7O2.C13H7FN4O/c1-25(31-24(35)22-20(26)3-2-8-28-22)6-9-32(10-7-25)21-5-4-16(13-29-21)19-11-18(34)15-33-23(19)17(12-27)14-30-33;14-12-2-1-8(5-16-12)11-3-10(19)7-18-13(11)9(4-15)6-17-18/h2-5,8,11,13-15,34H,6-7,9-10H2,1H3,(H,31,35);1-3,5-7,19H. The highest BCUT2D eigenvalue weighted by atomic mass is 35.5. The number of pyridine rings is 5. The van der Waals surface area contributed by atoms with Crippen molar-refractivity contribution in [3.8, 4) is 45.9 Å². The number of amides is 1. The first kappa shape index (κ1) is 35.3. The first-order valence-corrected chi connectivity index (χ1v) is 16.9. The van der Waals surface area contributed by atoms with Crippen LogP contribution in [0.4, 0.5) is 10.2 Å². The van der Waals surface area contributed by atoms with Gasteiger partial charge in [0.25, 0.3) is 5.91 Å². The Bertz CT molecular complexity index is 2600. The van der Waals surface area contributed by atoms with E-state index in [0.717, 1.165) is 37.3 Å². The van der Waals surface area contributed by atoms with Crippen LogP contribution in [0.15, 0.2) is 91.9 Å². The average Bonchev–Trinajstić information content (AvgIpc) is 3.79. The van der Waals surface area contributed by atoms with Crippen molar-refractivity contribution in [1.82, 2.24) is 39.5 Å². The minimum Gasteiger partial charge on any atom is -0.506 e. The van der Waals surface area contributed by atoms with Crippen LogP contribution in [0.25, 0.3) is 33.3 Å². The molecule has 3 N–H and O–H groups in total. The second kappa shape index (κ2) is 14.5. The Balaban J connectivity index is 0.000000199. The van der Waals surface area contributed by atoms with E-state index >= 15 is 0 Å². The molecular formula is C38H29ClFN11O3. The van der Waals surface area contributed by atoms with E-state index in [0.29, 0.717) is 43.9 Å². The molecule has 0 radical (unpaired) electrons. The van der Waals surface area contributed by atoms with Gasteiger partial charge >= 0.3 is 0 Å². The number of carbonyl (C=O) groups excluding carboxylic acids is 1. The van der Waals surface area contributed by atoms with Crippen LogP contribution >= 0.6 is 11.6 Å². The molecule has 0 spiro atoms. The van der Waals surface area contributed by atoms with Crippen molar-refractivity contribution in [1.29, 1.82) is 10.5 Å². The Hall–Kier alpha value is -7.10. The van der Waals surface area contributed by atoms with E-state index < -0.39 is 5.95 Å². The molecule has 1 fully saturated rings. The molecule has 0 unspecified atom stereocenters. The van der Waals surface area contributed by atoms with E-state index in [-0.39, 0.29) is 28.6 Å². The first-order valence-electron chi connectivity index (χ1n) is 16.5. The topological polar surface area (TPSA) is 194 Å². The number of aromatic nitrogens is 7. The van der Waals surface area contributed by atoms with Crippen LogP contribution in [0.5, 0.6) is 11.5 Å². The molecular weight excluding hydrogens is 713 g/mol. The van der Waals surface area contributed by atoms with Crippen LogP contribution in [0.3, 0.4) is 0 Å². The third-order valence-electron chi connectivity index (χ3n) is 9.11. The fraction of sp³-hybridized carbons (Fsp3) is 0.158. The van der Waals surface area contributed by atoms with Crippen molar-refractivity contribution in [2.75, 3.05) is 18.0 Å². The number of hydrogen-bond donors (Lipinski definition) is 3. The maximum absolute atomic E-state index is 12.9. The zero-order valence-corrected chi connectivity index (χ0v) is 29.3. The van der Waals surface area contributed by atoms with Crippen LogP contribution in [-0.4, -0.2) is 68.9 Å². The summed E-state index contributed by atoms with van der Waals surface area (Å²) in [5.74, 6) is 0.00465. The summed E-state index contributed by atoms with van der Waals surface area (Å²) in [6.07, 6.45) is 11.9. The lowest BCUT2D eigenvalue weighted by Gasteiger charge is -2.40. The predicted molar refractivity (Wildman–Crippen MR) is 196 cm³/mol. The van der Waals surface area contributed by atoms with Gasteiger partial charge in [0.1, 0.15) is 35.1 Å². The number of hydrogen-bond acceptors (Lipinski definition) is 11. The molecule has 7 aromatic rings. The summed E-state index contributed by atoms with van der Waals surface area (Å²) in [7, 11) is 0. The number of rotatable bonds is 5. The molecule has 0 atom stereocenters. The number of nitrogens with one attached hydrogen (secondary N) is 1. The molecule has 7 aromatic heterocycles. The lowest BCUT2D eigenvalue weighted by Crippen LogP contribution is -2.53. The lowest BCUT2D eigenvalue weighted by atomic mass is 9.89. The summed E-state index contributed by atoms with van der Waals surface area (Å²) in [4.78, 5) is 27.2. The van der Waals surface area contributed by atoms with E-state index in [9.17, 15) is 24.7 Å². The van der Waals surface area contributed by atoms with Gasteiger partial charge in [-0.3, -0.25) is 4.79 Å². The molecule has 1 aliphatic heterocycles. The Morgan fingerprint density at radius 1 is 0.852 bits per heavy atom. The summed E-state index contributed by atoms with van der Waals surface area (Å²) in [5.41, 5.74) is 4.44. The van der Waals surface area contributed by atoms with Crippen LogP contribution in [0, 0.1) is 28.6 Å². The number of aromatic hydroxyl groups is 2. The van der Waals surface area contributed by atoms with Gasteiger partial charge in [-0.2, -0.15) is 25.1 Å². The molecule has 14 nitrogen and oxygen atoms in total. The average molecular weight is 742 g/mol. The first-order chi connectivity index (χ1) is 26.1. The monoisotopic (exact) mass is 741 g/mol. The number of nitrogens with zero attached hydrogens (tertiary/aromatic N) is 10. The fourth-order valence-electron chi connectivity index (χ4n) is 6.33. The molecule has 8 rings (SSSR count). The van der Waals surface area contributed by atoms with Gasteiger partial charge < -0.3 is 20.4 Å². The van der Waals surface area contributed by atoms with Gasteiger partial charge in [-0.15, -0.1) is 0 Å². The zero-order valence-electron chi connectivity index (χ0n) is 28.5. The van der Waals surface area contributed by atoms with Gasteiger partial charge in [0.2, 0.25) is 5.95 Å². The molecule has 16 heteroatoms. The minimum atomic E-state index is -0.589. The summed E-state index contributed by atoms with van der Waals surface area (Å²) in [5, 5.41) is 49.8. The van der Waals surface area contributed by atoms with Gasteiger partial charge in [-0.25, -0.2) is 24.0 Å².